The van der Waals surface area contributed by atoms with Gasteiger partial charge in [-0.15, -0.1) is 11.3 Å². The summed E-state index contributed by atoms with van der Waals surface area (Å²) in [4.78, 5) is 14.7. The molecule has 0 fully saturated rings. The van der Waals surface area contributed by atoms with Crippen LogP contribution in [0.2, 0.25) is 0 Å². The molecule has 6 heteroatoms. The third-order valence-electron chi connectivity index (χ3n) is 1.20. The molecule has 66 valence electrons. The number of hydrogen-bond acceptors (Lipinski definition) is 5. The van der Waals surface area contributed by atoms with Crippen molar-refractivity contribution < 1.29 is 14.6 Å². The van der Waals surface area contributed by atoms with E-state index in [4.69, 9.17) is 0 Å². The first-order valence-corrected chi connectivity index (χ1v) is 4.69. The first-order chi connectivity index (χ1) is 5.65. The van der Waals surface area contributed by atoms with Crippen molar-refractivity contribution in [2.75, 3.05) is 7.11 Å². The molecule has 0 bridgehead atoms. The maximum Gasteiger partial charge on any atom is 0.341 e. The van der Waals surface area contributed by atoms with Crippen molar-refractivity contribution in [1.29, 1.82) is 0 Å². The number of nitrogens with zero attached hydrogens (tertiary/aromatic N) is 1. The molecule has 1 N–H and O–H groups in total. The zero-order valence-corrected chi connectivity index (χ0v) is 8.55. The van der Waals surface area contributed by atoms with E-state index in [9.17, 15) is 9.90 Å². The van der Waals surface area contributed by atoms with Crippen LogP contribution in [0.5, 0.6) is 0 Å². The minimum Gasteiger partial charge on any atom is -0.467 e. The van der Waals surface area contributed by atoms with Crippen LogP contribution in [0.4, 0.5) is 0 Å². The first kappa shape index (κ1) is 9.63. The van der Waals surface area contributed by atoms with E-state index in [1.165, 1.54) is 18.4 Å². The van der Waals surface area contributed by atoms with Gasteiger partial charge < -0.3 is 9.84 Å². The molecule has 4 nitrogen and oxygen atoms in total. The number of carbonyl (C=O) groups excluding carboxylic acids is 1. The van der Waals surface area contributed by atoms with Gasteiger partial charge in [0.1, 0.15) is 0 Å². The Morgan fingerprint density at radius 1 is 1.92 bits per heavy atom. The number of hydrogen-bond donors (Lipinski definition) is 1. The second kappa shape index (κ2) is 3.97. The van der Waals surface area contributed by atoms with Crippen LogP contribution in [0, 0.1) is 0 Å². The Bertz CT molecular complexity index is 288. The minimum absolute atomic E-state index is 0.304. The summed E-state index contributed by atoms with van der Waals surface area (Å²) in [5.41, 5.74) is 0.304. The van der Waals surface area contributed by atoms with E-state index in [2.05, 4.69) is 25.7 Å². The summed E-state index contributed by atoms with van der Waals surface area (Å²) in [5, 5.41) is 10.8. The number of thiazole rings is 1. The molecule has 1 heterocycles. The highest BCUT2D eigenvalue weighted by Crippen LogP contribution is 2.21. The maximum absolute atomic E-state index is 10.8. The molecule has 12 heavy (non-hydrogen) atoms. The van der Waals surface area contributed by atoms with Gasteiger partial charge in [0.15, 0.2) is 10.0 Å². The summed E-state index contributed by atoms with van der Waals surface area (Å²) in [6, 6.07) is 0. The molecule has 0 aliphatic heterocycles. The van der Waals surface area contributed by atoms with E-state index in [-0.39, 0.29) is 0 Å². The number of ether oxygens (including phenoxy) is 1. The number of rotatable bonds is 2. The number of aliphatic hydroxyl groups is 1. The van der Waals surface area contributed by atoms with Gasteiger partial charge in [-0.3, -0.25) is 0 Å². The summed E-state index contributed by atoms with van der Waals surface area (Å²) < 4.78 is 4.96. The number of aliphatic hydroxyl groups excluding tert-OH is 1. The van der Waals surface area contributed by atoms with E-state index >= 15 is 0 Å². The Morgan fingerprint density at radius 3 is 3.00 bits per heavy atom. The Morgan fingerprint density at radius 2 is 2.58 bits per heavy atom. The number of halogens is 1. The molecule has 0 aromatic carbocycles. The summed E-state index contributed by atoms with van der Waals surface area (Å²) in [6.07, 6.45) is -1.28. The maximum atomic E-state index is 10.8. The molecular weight excluding hydrogens is 246 g/mol. The minimum atomic E-state index is -1.28. The second-order valence-corrected chi connectivity index (χ2v) is 4.09. The van der Waals surface area contributed by atoms with Gasteiger partial charge in [-0.05, 0) is 15.9 Å². The van der Waals surface area contributed by atoms with Gasteiger partial charge in [0.2, 0.25) is 0 Å². The van der Waals surface area contributed by atoms with E-state index in [0.717, 1.165) is 0 Å². The monoisotopic (exact) mass is 251 g/mol. The molecule has 0 saturated carbocycles. The normalized spacial score (nSPS) is 12.6. The van der Waals surface area contributed by atoms with Crippen molar-refractivity contribution in [1.82, 2.24) is 4.98 Å². The van der Waals surface area contributed by atoms with Gasteiger partial charge in [-0.25, -0.2) is 9.78 Å². The molecule has 0 amide bonds. The molecule has 1 unspecified atom stereocenters. The molecule has 0 aliphatic rings. The zero-order valence-electron chi connectivity index (χ0n) is 6.15. The van der Waals surface area contributed by atoms with Crippen LogP contribution >= 0.6 is 27.3 Å². The van der Waals surface area contributed by atoms with E-state index < -0.39 is 12.1 Å². The lowest BCUT2D eigenvalue weighted by molar-refractivity contribution is -0.150. The number of esters is 1. The van der Waals surface area contributed by atoms with Crippen LogP contribution in [-0.2, 0) is 9.53 Å². The fourth-order valence-corrected chi connectivity index (χ4v) is 1.66. The summed E-state index contributed by atoms with van der Waals surface area (Å²) in [5.74, 6) is -0.701. The van der Waals surface area contributed by atoms with Crippen molar-refractivity contribution in [2.24, 2.45) is 0 Å². The lowest BCUT2D eigenvalue weighted by Crippen LogP contribution is -2.13. The number of carbonyl (C=O) groups is 1. The standard InChI is InChI=1S/C6H6BrNO3S/c1-11-5(10)4(9)3-2-12-6(7)8-3/h2,4,9H,1H3. The molecule has 1 atom stereocenters. The van der Waals surface area contributed by atoms with Crippen LogP contribution in [0.15, 0.2) is 9.30 Å². The summed E-state index contributed by atoms with van der Waals surface area (Å²) >= 11 is 4.41. The van der Waals surface area contributed by atoms with Crippen LogP contribution in [-0.4, -0.2) is 23.2 Å². The lowest BCUT2D eigenvalue weighted by Gasteiger charge is -2.03. The molecule has 0 spiro atoms. The van der Waals surface area contributed by atoms with Crippen LogP contribution < -0.4 is 0 Å². The molecule has 0 saturated heterocycles. The third-order valence-corrected chi connectivity index (χ3v) is 2.58. The molecular formula is C6H6BrNO3S. The van der Waals surface area contributed by atoms with E-state index in [1.807, 2.05) is 0 Å². The van der Waals surface area contributed by atoms with Crippen molar-refractivity contribution >= 4 is 33.2 Å². The first-order valence-electron chi connectivity index (χ1n) is 3.02. The fourth-order valence-electron chi connectivity index (χ4n) is 0.621. The number of methoxy groups -OCH3 is 1. The van der Waals surface area contributed by atoms with Gasteiger partial charge >= 0.3 is 5.97 Å². The van der Waals surface area contributed by atoms with E-state index in [0.29, 0.717) is 9.61 Å². The van der Waals surface area contributed by atoms with E-state index in [1.54, 1.807) is 5.38 Å². The Balaban J connectivity index is 2.77. The largest absolute Gasteiger partial charge is 0.467 e. The Hall–Kier alpha value is -0.460. The molecule has 1 rings (SSSR count). The average Bonchev–Trinajstić information content (AvgIpc) is 2.49. The second-order valence-electron chi connectivity index (χ2n) is 1.95. The highest BCUT2D eigenvalue weighted by Gasteiger charge is 2.20. The van der Waals surface area contributed by atoms with Crippen molar-refractivity contribution in [2.45, 2.75) is 6.10 Å². The average molecular weight is 252 g/mol. The molecule has 1 aromatic rings. The van der Waals surface area contributed by atoms with Gasteiger partial charge in [0, 0.05) is 5.38 Å². The fraction of sp³-hybridized carbons (Fsp3) is 0.333. The van der Waals surface area contributed by atoms with Crippen LogP contribution in [0.1, 0.15) is 11.8 Å². The highest BCUT2D eigenvalue weighted by molar-refractivity contribution is 9.11. The Labute approximate surface area is 81.3 Å². The van der Waals surface area contributed by atoms with Gasteiger partial charge in [0.05, 0.1) is 12.8 Å². The van der Waals surface area contributed by atoms with Crippen molar-refractivity contribution in [3.8, 4) is 0 Å². The summed E-state index contributed by atoms with van der Waals surface area (Å²) in [7, 11) is 1.22. The SMILES string of the molecule is COC(=O)C(O)c1csc(Br)n1. The zero-order chi connectivity index (χ0) is 9.14. The molecule has 1 aromatic heterocycles. The van der Waals surface area contributed by atoms with Gasteiger partial charge in [-0.1, -0.05) is 0 Å². The van der Waals surface area contributed by atoms with Gasteiger partial charge in [-0.2, -0.15) is 0 Å². The highest BCUT2D eigenvalue weighted by atomic mass is 79.9. The number of aromatic nitrogens is 1. The van der Waals surface area contributed by atoms with Crippen molar-refractivity contribution in [3.05, 3.63) is 15.0 Å². The smallest absolute Gasteiger partial charge is 0.341 e. The van der Waals surface area contributed by atoms with Gasteiger partial charge in [0.25, 0.3) is 0 Å². The molecule has 0 radical (unpaired) electrons. The van der Waals surface area contributed by atoms with Crippen LogP contribution in [0.3, 0.4) is 0 Å². The topological polar surface area (TPSA) is 59.4 Å². The quantitative estimate of drug-likeness (QED) is 0.801. The predicted molar refractivity (Wildman–Crippen MR) is 46.8 cm³/mol. The van der Waals surface area contributed by atoms with Crippen LogP contribution in [0.25, 0.3) is 0 Å². The molecule has 0 aliphatic carbocycles. The lowest BCUT2D eigenvalue weighted by atomic mass is 10.3. The predicted octanol–water partition coefficient (Wildman–Crippen LogP) is 1.11. The summed E-state index contributed by atoms with van der Waals surface area (Å²) in [6.45, 7) is 0. The third kappa shape index (κ3) is 2.02. The Kier molecular flexibility index (Phi) is 3.19. The van der Waals surface area contributed by atoms with Crippen molar-refractivity contribution in [3.63, 3.8) is 0 Å².